The van der Waals surface area contributed by atoms with E-state index in [1.165, 1.54) is 6.08 Å². The van der Waals surface area contributed by atoms with E-state index in [-0.39, 0.29) is 17.9 Å². The largest absolute Gasteiger partial charge is 0.497 e. The topological polar surface area (TPSA) is 66.0 Å². The molecule has 2 aromatic carbocycles. The van der Waals surface area contributed by atoms with Crippen molar-refractivity contribution in [2.24, 2.45) is 5.92 Å². The number of nitrogens with one attached hydrogen (secondary N) is 1. The van der Waals surface area contributed by atoms with Gasteiger partial charge in [0.15, 0.2) is 11.5 Å². The van der Waals surface area contributed by atoms with Crippen LogP contribution >= 0.6 is 0 Å². The van der Waals surface area contributed by atoms with Gasteiger partial charge < -0.3 is 24.3 Å². The summed E-state index contributed by atoms with van der Waals surface area (Å²) in [6.45, 7) is 5.21. The summed E-state index contributed by atoms with van der Waals surface area (Å²) in [6, 6.07) is 11.1. The maximum Gasteiger partial charge on any atom is 0.244 e. The first-order chi connectivity index (χ1) is 14.0. The van der Waals surface area contributed by atoms with Gasteiger partial charge in [-0.2, -0.15) is 0 Å². The smallest absolute Gasteiger partial charge is 0.244 e. The van der Waals surface area contributed by atoms with E-state index in [1.807, 2.05) is 36.4 Å². The first-order valence-corrected chi connectivity index (χ1v) is 9.62. The molecule has 0 radical (unpaired) electrons. The molecular formula is C23H27NO5. The van der Waals surface area contributed by atoms with E-state index in [0.717, 1.165) is 16.9 Å². The predicted molar refractivity (Wildman–Crippen MR) is 112 cm³/mol. The highest BCUT2D eigenvalue weighted by Gasteiger charge is 2.20. The van der Waals surface area contributed by atoms with Crippen molar-refractivity contribution >= 4 is 12.0 Å². The molecule has 0 bridgehead atoms. The van der Waals surface area contributed by atoms with Crippen LogP contribution in [-0.2, 0) is 4.79 Å². The molecular weight excluding hydrogens is 370 g/mol. The zero-order chi connectivity index (χ0) is 20.8. The van der Waals surface area contributed by atoms with Gasteiger partial charge in [0.2, 0.25) is 5.91 Å². The maximum atomic E-state index is 12.6. The van der Waals surface area contributed by atoms with Crippen molar-refractivity contribution in [1.29, 1.82) is 0 Å². The van der Waals surface area contributed by atoms with Crippen molar-refractivity contribution in [3.8, 4) is 23.0 Å². The van der Waals surface area contributed by atoms with E-state index in [9.17, 15) is 4.79 Å². The zero-order valence-electron chi connectivity index (χ0n) is 17.2. The van der Waals surface area contributed by atoms with Crippen molar-refractivity contribution in [1.82, 2.24) is 5.32 Å². The third-order valence-electron chi connectivity index (χ3n) is 4.74. The Kier molecular flexibility index (Phi) is 6.65. The van der Waals surface area contributed by atoms with E-state index in [1.54, 1.807) is 20.3 Å². The molecule has 1 N–H and O–H groups in total. The van der Waals surface area contributed by atoms with Crippen LogP contribution in [0.3, 0.4) is 0 Å². The van der Waals surface area contributed by atoms with Gasteiger partial charge in [-0.15, -0.1) is 0 Å². The number of methoxy groups -OCH3 is 2. The van der Waals surface area contributed by atoms with E-state index in [0.29, 0.717) is 30.5 Å². The van der Waals surface area contributed by atoms with Crippen LogP contribution in [-0.4, -0.2) is 33.3 Å². The van der Waals surface area contributed by atoms with Crippen molar-refractivity contribution in [3.05, 3.63) is 53.6 Å². The molecule has 0 saturated heterocycles. The summed E-state index contributed by atoms with van der Waals surface area (Å²) in [5, 5.41) is 3.08. The summed E-state index contributed by atoms with van der Waals surface area (Å²) >= 11 is 0. The van der Waals surface area contributed by atoms with Crippen LogP contribution in [0.4, 0.5) is 0 Å². The quantitative estimate of drug-likeness (QED) is 0.716. The lowest BCUT2D eigenvalue weighted by Crippen LogP contribution is -2.30. The molecule has 29 heavy (non-hydrogen) atoms. The lowest BCUT2D eigenvalue weighted by Gasteiger charge is -2.25. The number of rotatable bonds is 7. The van der Waals surface area contributed by atoms with Gasteiger partial charge in [-0.3, -0.25) is 4.79 Å². The molecule has 1 amide bonds. The first-order valence-electron chi connectivity index (χ1n) is 9.62. The molecule has 154 valence electrons. The molecule has 2 aromatic rings. The molecule has 0 aliphatic carbocycles. The Balaban J connectivity index is 1.76. The number of ether oxygens (including phenoxy) is 4. The van der Waals surface area contributed by atoms with Gasteiger partial charge in [-0.1, -0.05) is 19.9 Å². The average Bonchev–Trinajstić information content (AvgIpc) is 2.75. The van der Waals surface area contributed by atoms with E-state index in [2.05, 4.69) is 19.2 Å². The van der Waals surface area contributed by atoms with E-state index < -0.39 is 0 Å². The SMILES string of the molecule is COc1ccc(OC)c(/C=C/C(=O)N[C@H](c2ccc3c(c2)OCCO3)C(C)C)c1. The Labute approximate surface area is 171 Å². The molecule has 0 aromatic heterocycles. The summed E-state index contributed by atoms with van der Waals surface area (Å²) in [5.41, 5.74) is 1.74. The number of fused-ring (bicyclic) bond motifs is 1. The second-order valence-corrected chi connectivity index (χ2v) is 7.07. The second kappa shape index (κ2) is 9.37. The fourth-order valence-corrected chi connectivity index (χ4v) is 3.22. The highest BCUT2D eigenvalue weighted by Crippen LogP contribution is 2.34. The standard InChI is InChI=1S/C23H27NO5/c1-15(2)23(17-5-8-20-21(14-17)29-12-11-28-20)24-22(25)10-6-16-13-18(26-3)7-9-19(16)27-4/h5-10,13-15,23H,11-12H2,1-4H3,(H,24,25)/b10-6+/t23-/m0/s1. The van der Waals surface area contributed by atoms with Gasteiger partial charge in [0.05, 0.1) is 20.3 Å². The first kappa shape index (κ1) is 20.6. The highest BCUT2D eigenvalue weighted by molar-refractivity contribution is 5.92. The molecule has 1 heterocycles. The van der Waals surface area contributed by atoms with Gasteiger partial charge in [0.25, 0.3) is 0 Å². The molecule has 0 unspecified atom stereocenters. The summed E-state index contributed by atoms with van der Waals surface area (Å²) in [6.07, 6.45) is 3.22. The summed E-state index contributed by atoms with van der Waals surface area (Å²) < 4.78 is 21.9. The van der Waals surface area contributed by atoms with Crippen LogP contribution in [0, 0.1) is 5.92 Å². The van der Waals surface area contributed by atoms with Gasteiger partial charge >= 0.3 is 0 Å². The molecule has 0 fully saturated rings. The maximum absolute atomic E-state index is 12.6. The number of hydrogen-bond acceptors (Lipinski definition) is 5. The Hall–Kier alpha value is -3.15. The fourth-order valence-electron chi connectivity index (χ4n) is 3.22. The van der Waals surface area contributed by atoms with Crippen molar-refractivity contribution in [3.63, 3.8) is 0 Å². The van der Waals surface area contributed by atoms with Crippen molar-refractivity contribution < 1.29 is 23.7 Å². The zero-order valence-corrected chi connectivity index (χ0v) is 17.2. The Bertz CT molecular complexity index is 891. The van der Waals surface area contributed by atoms with Crippen LogP contribution in [0.25, 0.3) is 6.08 Å². The van der Waals surface area contributed by atoms with E-state index in [4.69, 9.17) is 18.9 Å². The molecule has 1 aliphatic rings. The van der Waals surface area contributed by atoms with Crippen molar-refractivity contribution in [2.75, 3.05) is 27.4 Å². The van der Waals surface area contributed by atoms with Crippen LogP contribution in [0.15, 0.2) is 42.5 Å². The number of carbonyl (C=O) groups excluding carboxylic acids is 1. The van der Waals surface area contributed by atoms with Gasteiger partial charge in [0, 0.05) is 11.6 Å². The Morgan fingerprint density at radius 2 is 1.79 bits per heavy atom. The number of amides is 1. The summed E-state index contributed by atoms with van der Waals surface area (Å²) in [4.78, 5) is 12.6. The number of benzene rings is 2. The van der Waals surface area contributed by atoms with Gasteiger partial charge in [0.1, 0.15) is 24.7 Å². The molecule has 6 nitrogen and oxygen atoms in total. The lowest BCUT2D eigenvalue weighted by atomic mass is 9.95. The minimum atomic E-state index is -0.191. The normalized spacial score (nSPS) is 14.0. The Morgan fingerprint density at radius 3 is 2.48 bits per heavy atom. The monoisotopic (exact) mass is 397 g/mol. The van der Waals surface area contributed by atoms with Crippen molar-refractivity contribution in [2.45, 2.75) is 19.9 Å². The molecule has 3 rings (SSSR count). The molecule has 0 saturated carbocycles. The molecule has 0 spiro atoms. The third-order valence-corrected chi connectivity index (χ3v) is 4.74. The van der Waals surface area contributed by atoms with Crippen LogP contribution < -0.4 is 24.3 Å². The molecule has 1 atom stereocenters. The fraction of sp³-hybridized carbons (Fsp3) is 0.348. The Morgan fingerprint density at radius 1 is 1.03 bits per heavy atom. The lowest BCUT2D eigenvalue weighted by molar-refractivity contribution is -0.117. The summed E-state index contributed by atoms with van der Waals surface area (Å²) in [7, 11) is 3.19. The van der Waals surface area contributed by atoms with Crippen LogP contribution in [0.5, 0.6) is 23.0 Å². The van der Waals surface area contributed by atoms with Crippen LogP contribution in [0.1, 0.15) is 31.0 Å². The predicted octanol–water partition coefficient (Wildman–Crippen LogP) is 4.00. The molecule has 6 heteroatoms. The highest BCUT2D eigenvalue weighted by atomic mass is 16.6. The summed E-state index contributed by atoms with van der Waals surface area (Å²) in [5.74, 6) is 2.82. The van der Waals surface area contributed by atoms with Gasteiger partial charge in [-0.05, 0) is 47.9 Å². The number of carbonyl (C=O) groups is 1. The minimum Gasteiger partial charge on any atom is -0.497 e. The van der Waals surface area contributed by atoms with E-state index >= 15 is 0 Å². The third kappa shape index (κ3) is 5.02. The average molecular weight is 397 g/mol. The van der Waals surface area contributed by atoms with Crippen LogP contribution in [0.2, 0.25) is 0 Å². The number of hydrogen-bond donors (Lipinski definition) is 1. The minimum absolute atomic E-state index is 0.157. The second-order valence-electron chi connectivity index (χ2n) is 7.07. The van der Waals surface area contributed by atoms with Gasteiger partial charge in [-0.25, -0.2) is 0 Å². The molecule has 1 aliphatic heterocycles.